The van der Waals surface area contributed by atoms with Gasteiger partial charge in [-0.3, -0.25) is 0 Å². The third-order valence-electron chi connectivity index (χ3n) is 11.4. The van der Waals surface area contributed by atoms with Crippen LogP contribution in [0.4, 0.5) is 34.1 Å². The molecule has 0 saturated carbocycles. The number of hydrogen-bond donors (Lipinski definition) is 0. The van der Waals surface area contributed by atoms with Crippen LogP contribution in [0.3, 0.4) is 0 Å². The molecule has 0 atom stereocenters. The predicted molar refractivity (Wildman–Crippen MR) is 257 cm³/mol. The van der Waals surface area contributed by atoms with Gasteiger partial charge in [-0.15, -0.1) is 0 Å². The molecule has 282 valence electrons. The van der Waals surface area contributed by atoms with Crippen molar-refractivity contribution in [1.29, 1.82) is 0 Å². The van der Waals surface area contributed by atoms with E-state index in [-0.39, 0.29) is 35.4 Å². The second-order valence-electron chi connectivity index (χ2n) is 15.0. The summed E-state index contributed by atoms with van der Waals surface area (Å²) in [6, 6.07) is 73.9. The molecule has 0 N–H and O–H groups in total. The molecule has 0 unspecified atom stereocenters. The molecule has 60 heavy (non-hydrogen) atoms. The summed E-state index contributed by atoms with van der Waals surface area (Å²) in [6.07, 6.45) is 0. The maximum absolute atomic E-state index is 9.58. The lowest BCUT2D eigenvalue weighted by molar-refractivity contribution is 1.31. The number of fused-ring (bicyclic) bond motifs is 4. The number of para-hydroxylation sites is 2. The summed E-state index contributed by atoms with van der Waals surface area (Å²) in [7, 11) is 0. The second-order valence-corrected chi connectivity index (χ2v) is 15.0. The first-order valence-corrected chi connectivity index (χ1v) is 20.3. The Bertz CT molecular complexity index is 3400. The van der Waals surface area contributed by atoms with E-state index in [0.717, 1.165) is 61.1 Å². The molecule has 11 aromatic rings. The lowest BCUT2D eigenvalue weighted by atomic mass is 9.97. The van der Waals surface area contributed by atoms with Crippen LogP contribution in [0.15, 0.2) is 243 Å². The minimum Gasteiger partial charge on any atom is -0.309 e. The van der Waals surface area contributed by atoms with Crippen molar-refractivity contribution in [3.05, 3.63) is 243 Å². The van der Waals surface area contributed by atoms with Crippen LogP contribution in [0.2, 0.25) is 0 Å². The van der Waals surface area contributed by atoms with Crippen LogP contribution >= 0.6 is 0 Å². The van der Waals surface area contributed by atoms with E-state index in [1.165, 1.54) is 21.5 Å². The first-order valence-electron chi connectivity index (χ1n) is 22.3. The Hall–Kier alpha value is -7.94. The molecular formula is C58H40N2. The Morgan fingerprint density at radius 3 is 0.950 bits per heavy atom. The highest BCUT2D eigenvalue weighted by Crippen LogP contribution is 2.46. The van der Waals surface area contributed by atoms with Crippen molar-refractivity contribution >= 4 is 77.2 Å². The fourth-order valence-corrected chi connectivity index (χ4v) is 8.59. The van der Waals surface area contributed by atoms with Crippen molar-refractivity contribution in [3.8, 4) is 22.3 Å². The van der Waals surface area contributed by atoms with Gasteiger partial charge in [0, 0.05) is 44.3 Å². The van der Waals surface area contributed by atoms with Crippen molar-refractivity contribution in [3.63, 3.8) is 0 Å². The minimum absolute atomic E-state index is 0.0967. The van der Waals surface area contributed by atoms with Gasteiger partial charge in [0.2, 0.25) is 0 Å². The molecule has 11 aromatic carbocycles. The summed E-state index contributed by atoms with van der Waals surface area (Å²) in [5.74, 6) is 0. The fourth-order valence-electron chi connectivity index (χ4n) is 8.59. The largest absolute Gasteiger partial charge is 0.309 e. The molecule has 0 aliphatic carbocycles. The van der Waals surface area contributed by atoms with Crippen molar-refractivity contribution < 1.29 is 5.48 Å². The summed E-state index contributed by atoms with van der Waals surface area (Å²) in [5.41, 5.74) is 7.82. The lowest BCUT2D eigenvalue weighted by Crippen LogP contribution is -2.11. The van der Waals surface area contributed by atoms with E-state index in [2.05, 4.69) is 138 Å². The number of nitrogens with zero attached hydrogens (tertiary/aromatic N) is 2. The van der Waals surface area contributed by atoms with E-state index in [1.54, 1.807) is 0 Å². The summed E-state index contributed by atoms with van der Waals surface area (Å²) >= 11 is 0. The average molecular weight is 769 g/mol. The highest BCUT2D eigenvalue weighted by Gasteiger charge is 2.20. The fraction of sp³-hybridized carbons (Fsp3) is 0. The maximum atomic E-state index is 9.58. The molecular weight excluding hydrogens is 725 g/mol. The van der Waals surface area contributed by atoms with Gasteiger partial charge in [-0.05, 0) is 104 Å². The zero-order chi connectivity index (χ0) is 43.3. The van der Waals surface area contributed by atoms with Crippen LogP contribution in [0.1, 0.15) is 5.48 Å². The molecule has 0 aromatic heterocycles. The molecule has 0 radical (unpaired) electrons. The Balaban J connectivity index is 0.987. The molecule has 0 aliphatic heterocycles. The molecule has 0 spiro atoms. The maximum Gasteiger partial charge on any atom is 0.0645 e. The Morgan fingerprint density at radius 1 is 0.250 bits per heavy atom. The Kier molecular flexibility index (Phi) is 7.83. The van der Waals surface area contributed by atoms with Gasteiger partial charge in [-0.1, -0.05) is 182 Å². The SMILES string of the molecule is [2H]c1c([2H])c(N(c2ccccc2)c2c3ccccc3cc3ccccc23)c([2H])c([2H])c1-c1ccc(-c2ccc(N(c3ccccc3)c3c4ccccc4cc4ccccc34)cc2)cc1. The van der Waals surface area contributed by atoms with Crippen LogP contribution in [0.25, 0.3) is 65.3 Å². The van der Waals surface area contributed by atoms with Crippen LogP contribution in [-0.2, 0) is 0 Å². The van der Waals surface area contributed by atoms with Crippen LogP contribution in [-0.4, -0.2) is 0 Å². The molecule has 0 saturated heterocycles. The van der Waals surface area contributed by atoms with E-state index < -0.39 is 0 Å². The van der Waals surface area contributed by atoms with Crippen molar-refractivity contribution in [2.75, 3.05) is 9.80 Å². The van der Waals surface area contributed by atoms with E-state index in [4.69, 9.17) is 0 Å². The number of anilines is 6. The number of benzene rings is 11. The average Bonchev–Trinajstić information content (AvgIpc) is 3.35. The summed E-state index contributed by atoms with van der Waals surface area (Å²) in [5, 5.41) is 8.63. The van der Waals surface area contributed by atoms with Gasteiger partial charge in [0.05, 0.1) is 16.9 Å². The summed E-state index contributed by atoms with van der Waals surface area (Å²) < 4.78 is 38.1. The Labute approximate surface area is 356 Å². The van der Waals surface area contributed by atoms with Crippen molar-refractivity contribution in [1.82, 2.24) is 0 Å². The monoisotopic (exact) mass is 768 g/mol. The minimum atomic E-state index is -0.113. The Morgan fingerprint density at radius 2 is 0.550 bits per heavy atom. The molecule has 0 amide bonds. The van der Waals surface area contributed by atoms with Gasteiger partial charge >= 0.3 is 0 Å². The van der Waals surface area contributed by atoms with Crippen LogP contribution < -0.4 is 9.80 Å². The zero-order valence-corrected chi connectivity index (χ0v) is 32.7. The van der Waals surface area contributed by atoms with E-state index >= 15 is 0 Å². The van der Waals surface area contributed by atoms with Gasteiger partial charge in [-0.25, -0.2) is 0 Å². The third kappa shape index (κ3) is 6.32. The van der Waals surface area contributed by atoms with E-state index in [0.29, 0.717) is 5.56 Å². The summed E-state index contributed by atoms with van der Waals surface area (Å²) in [6.45, 7) is 0. The van der Waals surface area contributed by atoms with Crippen LogP contribution in [0.5, 0.6) is 0 Å². The van der Waals surface area contributed by atoms with Gasteiger partial charge in [0.1, 0.15) is 0 Å². The second kappa shape index (κ2) is 15.1. The number of hydrogen-bond acceptors (Lipinski definition) is 2. The topological polar surface area (TPSA) is 6.48 Å². The molecule has 11 rings (SSSR count). The standard InChI is InChI=1S/C58H40N2/c1-3-19-49(20-4-1)59(57-53-23-11-7-15-45(53)39-46-16-8-12-24-54(46)57)51-35-31-43(32-36-51)41-27-29-42(30-28-41)44-33-37-52(38-34-44)60(50-21-5-2-6-22-50)58-55-25-13-9-17-47(55)40-48-18-10-14-26-56(48)58/h1-40H/i31D,32D,35D,36D. The first kappa shape index (κ1) is 31.1. The van der Waals surface area contributed by atoms with Gasteiger partial charge < -0.3 is 9.80 Å². The molecule has 0 aliphatic rings. The zero-order valence-electron chi connectivity index (χ0n) is 36.7. The summed E-state index contributed by atoms with van der Waals surface area (Å²) in [4.78, 5) is 4.24. The van der Waals surface area contributed by atoms with Crippen LogP contribution in [0, 0.1) is 0 Å². The van der Waals surface area contributed by atoms with Gasteiger partial charge in [-0.2, -0.15) is 0 Å². The quantitative estimate of drug-likeness (QED) is 0.142. The van der Waals surface area contributed by atoms with E-state index in [1.807, 2.05) is 89.8 Å². The highest BCUT2D eigenvalue weighted by atomic mass is 15.2. The first-order chi connectivity index (χ1) is 31.4. The smallest absolute Gasteiger partial charge is 0.0645 e. The lowest BCUT2D eigenvalue weighted by Gasteiger charge is -2.28. The molecule has 0 bridgehead atoms. The van der Waals surface area contributed by atoms with Gasteiger partial charge in [0.15, 0.2) is 0 Å². The highest BCUT2D eigenvalue weighted by molar-refractivity contribution is 6.15. The molecule has 0 heterocycles. The predicted octanol–water partition coefficient (Wildman–Crippen LogP) is 16.6. The molecule has 0 fully saturated rings. The van der Waals surface area contributed by atoms with Crippen molar-refractivity contribution in [2.24, 2.45) is 0 Å². The van der Waals surface area contributed by atoms with E-state index in [9.17, 15) is 5.48 Å². The van der Waals surface area contributed by atoms with Crippen molar-refractivity contribution in [2.45, 2.75) is 0 Å². The third-order valence-corrected chi connectivity index (χ3v) is 11.4. The normalized spacial score (nSPS) is 12.3. The number of rotatable bonds is 8. The molecule has 2 nitrogen and oxygen atoms in total. The van der Waals surface area contributed by atoms with Gasteiger partial charge in [0.25, 0.3) is 0 Å². The molecule has 2 heteroatoms.